The van der Waals surface area contributed by atoms with Crippen molar-refractivity contribution in [3.8, 4) is 11.5 Å². The van der Waals surface area contributed by atoms with Crippen LogP contribution in [0.5, 0.6) is 11.5 Å². The predicted octanol–water partition coefficient (Wildman–Crippen LogP) is 3.41. The van der Waals surface area contributed by atoms with Gasteiger partial charge in [-0.15, -0.1) is 0 Å². The summed E-state index contributed by atoms with van der Waals surface area (Å²) in [5, 5.41) is 5.81. The van der Waals surface area contributed by atoms with Gasteiger partial charge in [0.05, 0.1) is 14.2 Å². The van der Waals surface area contributed by atoms with Crippen molar-refractivity contribution in [2.45, 2.75) is 38.1 Å². The average molecular weight is 383 g/mol. The van der Waals surface area contributed by atoms with Crippen molar-refractivity contribution in [3.63, 3.8) is 0 Å². The lowest BCUT2D eigenvalue weighted by Crippen LogP contribution is -2.36. The molecule has 0 aliphatic heterocycles. The highest BCUT2D eigenvalue weighted by molar-refractivity contribution is 6.05. The molecule has 7 heteroatoms. The van der Waals surface area contributed by atoms with E-state index in [-0.39, 0.29) is 23.6 Å². The fraction of sp³-hybridized carbons (Fsp3) is 0.381. The van der Waals surface area contributed by atoms with Crippen LogP contribution in [0.25, 0.3) is 0 Å². The Morgan fingerprint density at radius 1 is 0.964 bits per heavy atom. The van der Waals surface area contributed by atoms with Crippen molar-refractivity contribution in [1.82, 2.24) is 10.3 Å². The molecule has 1 heterocycles. The quantitative estimate of drug-likeness (QED) is 0.798. The minimum Gasteiger partial charge on any atom is -0.493 e. The van der Waals surface area contributed by atoms with Gasteiger partial charge in [-0.2, -0.15) is 0 Å². The zero-order chi connectivity index (χ0) is 19.9. The third-order valence-electron chi connectivity index (χ3n) is 4.84. The standard InChI is InChI=1S/C21H25N3O4/c1-27-18-9-8-16(13-19(18)28-2)24-20(25)14-10-11-22-17(12-14)21(26)23-15-6-4-3-5-7-15/h8-13,15H,3-7H2,1-2H3,(H,23,26)(H,24,25). The predicted molar refractivity (Wildman–Crippen MR) is 106 cm³/mol. The van der Waals surface area contributed by atoms with Crippen molar-refractivity contribution in [2.75, 3.05) is 19.5 Å². The number of ether oxygens (including phenoxy) is 2. The van der Waals surface area contributed by atoms with E-state index in [1.54, 1.807) is 31.4 Å². The van der Waals surface area contributed by atoms with E-state index >= 15 is 0 Å². The molecule has 1 aliphatic rings. The second-order valence-corrected chi connectivity index (χ2v) is 6.76. The van der Waals surface area contributed by atoms with Crippen LogP contribution >= 0.6 is 0 Å². The van der Waals surface area contributed by atoms with Gasteiger partial charge in [0.15, 0.2) is 11.5 Å². The number of amides is 2. The Balaban J connectivity index is 1.69. The van der Waals surface area contributed by atoms with Gasteiger partial charge in [-0.1, -0.05) is 19.3 Å². The van der Waals surface area contributed by atoms with Crippen molar-refractivity contribution in [2.24, 2.45) is 0 Å². The van der Waals surface area contributed by atoms with Crippen molar-refractivity contribution in [1.29, 1.82) is 0 Å². The number of anilines is 1. The van der Waals surface area contributed by atoms with Crippen LogP contribution in [-0.4, -0.2) is 37.1 Å². The number of nitrogens with zero attached hydrogens (tertiary/aromatic N) is 1. The summed E-state index contributed by atoms with van der Waals surface area (Å²) < 4.78 is 10.4. The molecule has 3 rings (SSSR count). The molecule has 2 aromatic rings. The highest BCUT2D eigenvalue weighted by Gasteiger charge is 2.18. The van der Waals surface area contributed by atoms with E-state index in [0.29, 0.717) is 22.7 Å². The summed E-state index contributed by atoms with van der Waals surface area (Å²) in [5.41, 5.74) is 1.16. The van der Waals surface area contributed by atoms with Crippen LogP contribution in [0.3, 0.4) is 0 Å². The number of methoxy groups -OCH3 is 2. The Hall–Kier alpha value is -3.09. The molecule has 148 valence electrons. The molecule has 1 saturated carbocycles. The van der Waals surface area contributed by atoms with Gasteiger partial charge in [-0.05, 0) is 37.1 Å². The van der Waals surface area contributed by atoms with Crippen LogP contribution in [0.15, 0.2) is 36.5 Å². The van der Waals surface area contributed by atoms with Gasteiger partial charge >= 0.3 is 0 Å². The number of hydrogen-bond acceptors (Lipinski definition) is 5. The van der Waals surface area contributed by atoms with Crippen LogP contribution in [-0.2, 0) is 0 Å². The minimum absolute atomic E-state index is 0.187. The third kappa shape index (κ3) is 4.79. The molecule has 1 aliphatic carbocycles. The zero-order valence-electron chi connectivity index (χ0n) is 16.2. The number of carbonyl (C=O) groups excluding carboxylic acids is 2. The molecule has 28 heavy (non-hydrogen) atoms. The SMILES string of the molecule is COc1ccc(NC(=O)c2ccnc(C(=O)NC3CCCCC3)c2)cc1OC. The fourth-order valence-electron chi connectivity index (χ4n) is 3.32. The van der Waals surface area contributed by atoms with Gasteiger partial charge in [0.2, 0.25) is 0 Å². The summed E-state index contributed by atoms with van der Waals surface area (Å²) in [6.45, 7) is 0. The maximum Gasteiger partial charge on any atom is 0.270 e. The molecule has 7 nitrogen and oxygen atoms in total. The highest BCUT2D eigenvalue weighted by atomic mass is 16.5. The summed E-state index contributed by atoms with van der Waals surface area (Å²) >= 11 is 0. The summed E-state index contributed by atoms with van der Waals surface area (Å²) in [6.07, 6.45) is 6.93. The molecular weight excluding hydrogens is 358 g/mol. The van der Waals surface area contributed by atoms with Gasteiger partial charge in [-0.3, -0.25) is 14.6 Å². The number of nitrogens with one attached hydrogen (secondary N) is 2. The zero-order valence-corrected chi connectivity index (χ0v) is 16.2. The topological polar surface area (TPSA) is 89.5 Å². The molecule has 2 N–H and O–H groups in total. The van der Waals surface area contributed by atoms with E-state index in [1.807, 2.05) is 0 Å². The van der Waals surface area contributed by atoms with Crippen LogP contribution in [0.4, 0.5) is 5.69 Å². The molecule has 1 aromatic carbocycles. The lowest BCUT2D eigenvalue weighted by atomic mass is 9.95. The van der Waals surface area contributed by atoms with Gasteiger partial charge in [0, 0.05) is 29.6 Å². The summed E-state index contributed by atoms with van der Waals surface area (Å²) in [7, 11) is 3.08. The van der Waals surface area contributed by atoms with Crippen LogP contribution in [0.2, 0.25) is 0 Å². The number of pyridine rings is 1. The van der Waals surface area contributed by atoms with E-state index in [0.717, 1.165) is 25.7 Å². The molecule has 0 atom stereocenters. The molecule has 1 aromatic heterocycles. The van der Waals surface area contributed by atoms with Crippen molar-refractivity contribution in [3.05, 3.63) is 47.8 Å². The monoisotopic (exact) mass is 383 g/mol. The maximum atomic E-state index is 12.6. The Kier molecular flexibility index (Phi) is 6.47. The maximum absolute atomic E-state index is 12.6. The number of aromatic nitrogens is 1. The molecule has 0 unspecified atom stereocenters. The Labute approximate surface area is 164 Å². The molecule has 2 amide bonds. The smallest absolute Gasteiger partial charge is 0.270 e. The molecular formula is C21H25N3O4. The molecule has 0 spiro atoms. The number of carbonyl (C=O) groups is 2. The number of benzene rings is 1. The first-order valence-electron chi connectivity index (χ1n) is 9.41. The molecule has 1 fully saturated rings. The lowest BCUT2D eigenvalue weighted by molar-refractivity contribution is 0.0922. The Bertz CT molecular complexity index is 847. The van der Waals surface area contributed by atoms with Gasteiger partial charge in [0.25, 0.3) is 11.8 Å². The first kappa shape index (κ1) is 19.7. The van der Waals surface area contributed by atoms with E-state index in [9.17, 15) is 9.59 Å². The number of rotatable bonds is 6. The van der Waals surface area contributed by atoms with Gasteiger partial charge in [-0.25, -0.2) is 0 Å². The fourth-order valence-corrected chi connectivity index (χ4v) is 3.32. The van der Waals surface area contributed by atoms with Gasteiger partial charge in [0.1, 0.15) is 5.69 Å². The van der Waals surface area contributed by atoms with E-state index in [1.165, 1.54) is 25.8 Å². The van der Waals surface area contributed by atoms with Crippen LogP contribution < -0.4 is 20.1 Å². The summed E-state index contributed by atoms with van der Waals surface area (Å²) in [6, 6.07) is 8.38. The van der Waals surface area contributed by atoms with E-state index < -0.39 is 0 Å². The average Bonchev–Trinajstić information content (AvgIpc) is 2.74. The van der Waals surface area contributed by atoms with Crippen LogP contribution in [0, 0.1) is 0 Å². The second kappa shape index (κ2) is 9.21. The van der Waals surface area contributed by atoms with Crippen molar-refractivity contribution >= 4 is 17.5 Å². The van der Waals surface area contributed by atoms with E-state index in [2.05, 4.69) is 15.6 Å². The number of hydrogen-bond donors (Lipinski definition) is 2. The summed E-state index contributed by atoms with van der Waals surface area (Å²) in [4.78, 5) is 29.2. The first-order chi connectivity index (χ1) is 13.6. The molecule has 0 bridgehead atoms. The summed E-state index contributed by atoms with van der Waals surface area (Å²) in [5.74, 6) is 0.516. The lowest BCUT2D eigenvalue weighted by Gasteiger charge is -2.22. The first-order valence-corrected chi connectivity index (χ1v) is 9.41. The van der Waals surface area contributed by atoms with Crippen LogP contribution in [0.1, 0.15) is 53.0 Å². The Morgan fingerprint density at radius 3 is 2.43 bits per heavy atom. The minimum atomic E-state index is -0.332. The Morgan fingerprint density at radius 2 is 1.71 bits per heavy atom. The van der Waals surface area contributed by atoms with Gasteiger partial charge < -0.3 is 20.1 Å². The molecule has 0 radical (unpaired) electrons. The van der Waals surface area contributed by atoms with Crippen molar-refractivity contribution < 1.29 is 19.1 Å². The normalized spacial score (nSPS) is 14.2. The van der Waals surface area contributed by atoms with E-state index in [4.69, 9.17) is 9.47 Å². The largest absolute Gasteiger partial charge is 0.493 e. The molecule has 0 saturated heterocycles. The second-order valence-electron chi connectivity index (χ2n) is 6.76. The highest BCUT2D eigenvalue weighted by Crippen LogP contribution is 2.29. The third-order valence-corrected chi connectivity index (χ3v) is 4.84.